The molecule has 25 heavy (non-hydrogen) atoms. The Hall–Kier alpha value is -1.59. The highest BCUT2D eigenvalue weighted by Crippen LogP contribution is 2.43. The molecular weight excluding hydrogens is 342 g/mol. The van der Waals surface area contributed by atoms with Gasteiger partial charge in [-0.1, -0.05) is 29.8 Å². The van der Waals surface area contributed by atoms with Gasteiger partial charge in [0, 0.05) is 23.0 Å². The molecule has 1 fully saturated rings. The molecule has 1 aromatic carbocycles. The lowest BCUT2D eigenvalue weighted by Crippen LogP contribution is -2.58. The Kier molecular flexibility index (Phi) is 6.85. The third kappa shape index (κ3) is 4.15. The van der Waals surface area contributed by atoms with E-state index in [4.69, 9.17) is 21.1 Å². The van der Waals surface area contributed by atoms with Crippen LogP contribution in [0.5, 0.6) is 0 Å². The van der Waals surface area contributed by atoms with Crippen LogP contribution in [0.25, 0.3) is 0 Å². The number of ether oxygens (including phenoxy) is 2. The van der Waals surface area contributed by atoms with Crippen molar-refractivity contribution in [3.05, 3.63) is 34.9 Å². The van der Waals surface area contributed by atoms with Gasteiger partial charge in [-0.2, -0.15) is 0 Å². The van der Waals surface area contributed by atoms with E-state index in [2.05, 4.69) is 5.32 Å². The van der Waals surface area contributed by atoms with E-state index in [1.807, 2.05) is 32.0 Å². The van der Waals surface area contributed by atoms with Crippen molar-refractivity contribution >= 4 is 23.5 Å². The molecule has 2 rings (SSSR count). The van der Waals surface area contributed by atoms with E-state index in [9.17, 15) is 9.59 Å². The van der Waals surface area contributed by atoms with Gasteiger partial charge < -0.3 is 14.8 Å². The van der Waals surface area contributed by atoms with Crippen molar-refractivity contribution in [1.82, 2.24) is 5.32 Å². The molecule has 4 atom stereocenters. The molecule has 138 valence electrons. The first-order chi connectivity index (χ1) is 11.9. The fourth-order valence-corrected chi connectivity index (χ4v) is 4.04. The number of carbonyl (C=O) groups excluding carboxylic acids is 2. The van der Waals surface area contributed by atoms with Crippen LogP contribution in [-0.4, -0.2) is 37.2 Å². The number of benzene rings is 1. The van der Waals surface area contributed by atoms with Crippen LogP contribution in [0.4, 0.5) is 0 Å². The highest BCUT2D eigenvalue weighted by Gasteiger charge is 2.50. The molecule has 5 nitrogen and oxygen atoms in total. The van der Waals surface area contributed by atoms with E-state index in [1.54, 1.807) is 19.9 Å². The van der Waals surface area contributed by atoms with Crippen LogP contribution in [-0.2, 0) is 19.1 Å². The van der Waals surface area contributed by atoms with Gasteiger partial charge in [-0.3, -0.25) is 9.59 Å². The Balaban J connectivity index is 2.54. The second-order valence-electron chi connectivity index (χ2n) is 6.35. The number of piperidine rings is 1. The fraction of sp³-hybridized carbons (Fsp3) is 0.579. The Morgan fingerprint density at radius 1 is 1.00 bits per heavy atom. The summed E-state index contributed by atoms with van der Waals surface area (Å²) in [5.41, 5.74) is 0.778. The van der Waals surface area contributed by atoms with E-state index >= 15 is 0 Å². The summed E-state index contributed by atoms with van der Waals surface area (Å²) in [6.45, 7) is 7.99. The van der Waals surface area contributed by atoms with E-state index in [0.29, 0.717) is 5.02 Å². The number of nitrogens with one attached hydrogen (secondary N) is 1. The summed E-state index contributed by atoms with van der Waals surface area (Å²) in [6, 6.07) is 7.04. The van der Waals surface area contributed by atoms with Crippen LogP contribution in [0, 0.1) is 11.8 Å². The van der Waals surface area contributed by atoms with Crippen LogP contribution in [0.15, 0.2) is 24.3 Å². The Morgan fingerprint density at radius 2 is 1.48 bits per heavy atom. The molecule has 1 aromatic rings. The predicted molar refractivity (Wildman–Crippen MR) is 96.5 cm³/mol. The molecule has 0 amide bonds. The second-order valence-corrected chi connectivity index (χ2v) is 6.75. The molecule has 0 aliphatic carbocycles. The van der Waals surface area contributed by atoms with E-state index in [0.717, 1.165) is 5.56 Å². The van der Waals surface area contributed by atoms with E-state index in [1.165, 1.54) is 0 Å². The number of hydrogen-bond acceptors (Lipinski definition) is 5. The molecule has 0 bridgehead atoms. The van der Waals surface area contributed by atoms with Gasteiger partial charge in [-0.15, -0.1) is 0 Å². The Bertz CT molecular complexity index is 591. The third-order valence-electron chi connectivity index (χ3n) is 4.76. The minimum absolute atomic E-state index is 0.152. The molecule has 4 unspecified atom stereocenters. The summed E-state index contributed by atoms with van der Waals surface area (Å²) in [5.74, 6) is -2.10. The lowest BCUT2D eigenvalue weighted by molar-refractivity contribution is -0.158. The van der Waals surface area contributed by atoms with Crippen molar-refractivity contribution in [3.8, 4) is 0 Å². The number of rotatable bonds is 5. The average Bonchev–Trinajstić information content (AvgIpc) is 2.54. The van der Waals surface area contributed by atoms with Crippen molar-refractivity contribution in [3.63, 3.8) is 0 Å². The van der Waals surface area contributed by atoms with Crippen molar-refractivity contribution in [1.29, 1.82) is 0 Å². The Labute approximate surface area is 154 Å². The summed E-state index contributed by atoms with van der Waals surface area (Å²) >= 11 is 6.42. The quantitative estimate of drug-likeness (QED) is 0.810. The van der Waals surface area contributed by atoms with Crippen LogP contribution in [0.1, 0.15) is 39.2 Å². The van der Waals surface area contributed by atoms with Gasteiger partial charge in [0.05, 0.1) is 25.0 Å². The molecule has 1 aliphatic rings. The highest BCUT2D eigenvalue weighted by molar-refractivity contribution is 6.31. The van der Waals surface area contributed by atoms with E-state index in [-0.39, 0.29) is 37.2 Å². The van der Waals surface area contributed by atoms with E-state index < -0.39 is 17.8 Å². The van der Waals surface area contributed by atoms with Crippen molar-refractivity contribution in [2.45, 2.75) is 45.7 Å². The zero-order valence-electron chi connectivity index (χ0n) is 15.1. The molecule has 1 N–H and O–H groups in total. The molecule has 0 saturated carbocycles. The second kappa shape index (κ2) is 8.68. The first kappa shape index (κ1) is 19.7. The number of hydrogen-bond donors (Lipinski definition) is 1. The molecule has 0 spiro atoms. The first-order valence-corrected chi connectivity index (χ1v) is 9.13. The van der Waals surface area contributed by atoms with Crippen LogP contribution in [0.2, 0.25) is 5.02 Å². The minimum atomic E-state index is -0.523. The standard InChI is InChI=1S/C19H26ClNO4/c1-5-24-18(22)15-11(3)21-12(4)16(19(23)25-6-2)17(15)13-9-7-8-10-14(13)20/h7-12,15-17,21H,5-6H2,1-4H3. The zero-order chi connectivity index (χ0) is 18.6. The van der Waals surface area contributed by atoms with Gasteiger partial charge in [0.2, 0.25) is 0 Å². The summed E-state index contributed by atoms with van der Waals surface area (Å²) in [4.78, 5) is 25.4. The molecule has 1 heterocycles. The van der Waals surface area contributed by atoms with Crippen molar-refractivity contribution in [2.24, 2.45) is 11.8 Å². The predicted octanol–water partition coefficient (Wildman–Crippen LogP) is 3.16. The molecule has 0 radical (unpaired) electrons. The number of esters is 2. The molecular formula is C19H26ClNO4. The normalized spacial score (nSPS) is 29.1. The number of halogens is 1. The summed E-state index contributed by atoms with van der Waals surface area (Å²) < 4.78 is 10.6. The van der Waals surface area contributed by atoms with Crippen molar-refractivity contribution in [2.75, 3.05) is 13.2 Å². The SMILES string of the molecule is CCOC(=O)C1C(C)NC(C)C(C(=O)OCC)C1c1ccccc1Cl. The summed E-state index contributed by atoms with van der Waals surface area (Å²) in [6.07, 6.45) is 0. The topological polar surface area (TPSA) is 64.6 Å². The van der Waals surface area contributed by atoms with Gasteiger partial charge in [0.25, 0.3) is 0 Å². The van der Waals surface area contributed by atoms with Crippen molar-refractivity contribution < 1.29 is 19.1 Å². The monoisotopic (exact) mass is 367 g/mol. The maximum atomic E-state index is 12.7. The van der Waals surface area contributed by atoms with Gasteiger partial charge in [-0.05, 0) is 39.3 Å². The Morgan fingerprint density at radius 3 is 1.92 bits per heavy atom. The average molecular weight is 368 g/mol. The summed E-state index contributed by atoms with van der Waals surface area (Å²) in [5, 5.41) is 3.87. The molecule has 1 saturated heterocycles. The lowest BCUT2D eigenvalue weighted by atomic mass is 9.68. The fourth-order valence-electron chi connectivity index (χ4n) is 3.78. The van der Waals surface area contributed by atoms with Crippen LogP contribution >= 0.6 is 11.6 Å². The van der Waals surface area contributed by atoms with Gasteiger partial charge in [0.15, 0.2) is 0 Å². The largest absolute Gasteiger partial charge is 0.466 e. The lowest BCUT2D eigenvalue weighted by Gasteiger charge is -2.44. The molecule has 0 aromatic heterocycles. The first-order valence-electron chi connectivity index (χ1n) is 8.76. The smallest absolute Gasteiger partial charge is 0.311 e. The van der Waals surface area contributed by atoms with Gasteiger partial charge in [0.1, 0.15) is 0 Å². The van der Waals surface area contributed by atoms with Gasteiger partial charge in [-0.25, -0.2) is 0 Å². The minimum Gasteiger partial charge on any atom is -0.466 e. The molecule has 1 aliphatic heterocycles. The number of carbonyl (C=O) groups is 2. The summed E-state index contributed by atoms with van der Waals surface area (Å²) in [7, 11) is 0. The third-order valence-corrected chi connectivity index (χ3v) is 5.10. The van der Waals surface area contributed by atoms with Crippen LogP contribution < -0.4 is 5.32 Å². The van der Waals surface area contributed by atoms with Crippen LogP contribution in [0.3, 0.4) is 0 Å². The van der Waals surface area contributed by atoms with Gasteiger partial charge >= 0.3 is 11.9 Å². The maximum Gasteiger partial charge on any atom is 0.311 e. The maximum absolute atomic E-state index is 12.7. The zero-order valence-corrected chi connectivity index (χ0v) is 15.9. The molecule has 6 heteroatoms. The highest BCUT2D eigenvalue weighted by atomic mass is 35.5.